The molecule has 0 unspecified atom stereocenters. The first-order valence-electron chi connectivity index (χ1n) is 3.97. The molecule has 6 nitrogen and oxygen atoms in total. The summed E-state index contributed by atoms with van der Waals surface area (Å²) in [7, 11) is 3.66. The van der Waals surface area contributed by atoms with Crippen molar-refractivity contribution in [2.75, 3.05) is 27.2 Å². The number of aliphatic imine (C=N–C) groups is 1. The van der Waals surface area contributed by atoms with Crippen LogP contribution in [-0.2, 0) is 0 Å². The van der Waals surface area contributed by atoms with E-state index in [4.69, 9.17) is 17.3 Å². The summed E-state index contributed by atoms with van der Waals surface area (Å²) >= 11 is 4.84. The number of hydrogen-bond donors (Lipinski definition) is 3. The van der Waals surface area contributed by atoms with Crippen LogP contribution in [0.1, 0.15) is 0 Å². The summed E-state index contributed by atoms with van der Waals surface area (Å²) in [5.74, 6) is 0. The number of carboxylic acid groups (broad SMARTS) is 1. The van der Waals surface area contributed by atoms with Crippen LogP contribution in [0.3, 0.4) is 0 Å². The molecule has 0 fully saturated rings. The van der Waals surface area contributed by atoms with Gasteiger partial charge in [-0.25, -0.2) is 9.79 Å². The van der Waals surface area contributed by atoms with Crippen LogP contribution in [0.5, 0.6) is 0 Å². The smallest absolute Gasteiger partial charge is 0.404 e. The minimum Gasteiger partial charge on any atom is -0.465 e. The van der Waals surface area contributed by atoms with Crippen molar-refractivity contribution in [2.24, 2.45) is 4.99 Å². The van der Waals surface area contributed by atoms with Gasteiger partial charge in [0.1, 0.15) is 0 Å². The first kappa shape index (κ1) is 12.6. The molecule has 0 saturated carbocycles. The zero-order valence-corrected chi connectivity index (χ0v) is 8.97. The summed E-state index contributed by atoms with van der Waals surface area (Å²) in [5, 5.41) is 13.6. The van der Waals surface area contributed by atoms with Crippen LogP contribution in [0.4, 0.5) is 4.79 Å². The molecule has 0 spiro atoms. The van der Waals surface area contributed by atoms with Crippen LogP contribution >= 0.6 is 12.2 Å². The van der Waals surface area contributed by atoms with Crippen LogP contribution in [0.2, 0.25) is 0 Å². The van der Waals surface area contributed by atoms with Crippen LogP contribution < -0.4 is 10.6 Å². The highest BCUT2D eigenvalue weighted by Crippen LogP contribution is 1.75. The minimum atomic E-state index is -1.05. The van der Waals surface area contributed by atoms with Gasteiger partial charge in [0.15, 0.2) is 5.11 Å². The van der Waals surface area contributed by atoms with E-state index in [2.05, 4.69) is 15.6 Å². The van der Waals surface area contributed by atoms with Gasteiger partial charge >= 0.3 is 6.09 Å². The fourth-order valence-electron chi connectivity index (χ4n) is 0.552. The fourth-order valence-corrected chi connectivity index (χ4v) is 0.702. The summed E-state index contributed by atoms with van der Waals surface area (Å²) < 4.78 is 0. The van der Waals surface area contributed by atoms with Gasteiger partial charge in [-0.05, 0) is 12.2 Å². The predicted molar refractivity (Wildman–Crippen MR) is 58.8 cm³/mol. The number of carbonyl (C=O) groups is 1. The van der Waals surface area contributed by atoms with Gasteiger partial charge in [-0.15, -0.1) is 0 Å². The zero-order chi connectivity index (χ0) is 11.0. The van der Waals surface area contributed by atoms with E-state index in [1.807, 2.05) is 14.1 Å². The molecular formula is C7H14N4O2S. The summed E-state index contributed by atoms with van der Waals surface area (Å²) in [4.78, 5) is 15.7. The Hall–Kier alpha value is -1.37. The minimum absolute atomic E-state index is 0.299. The molecule has 3 N–H and O–H groups in total. The van der Waals surface area contributed by atoms with Crippen molar-refractivity contribution < 1.29 is 9.90 Å². The van der Waals surface area contributed by atoms with Crippen molar-refractivity contribution in [1.29, 1.82) is 0 Å². The molecule has 0 rings (SSSR count). The van der Waals surface area contributed by atoms with Crippen LogP contribution in [0, 0.1) is 0 Å². The van der Waals surface area contributed by atoms with Crippen LogP contribution in [-0.4, -0.2) is 54.7 Å². The third-order valence-corrected chi connectivity index (χ3v) is 1.33. The topological polar surface area (TPSA) is 77.0 Å². The van der Waals surface area contributed by atoms with E-state index in [9.17, 15) is 4.79 Å². The molecule has 0 saturated heterocycles. The fraction of sp³-hybridized carbons (Fsp3) is 0.571. The van der Waals surface area contributed by atoms with Gasteiger partial charge < -0.3 is 20.6 Å². The van der Waals surface area contributed by atoms with Crippen molar-refractivity contribution >= 4 is 29.8 Å². The van der Waals surface area contributed by atoms with Gasteiger partial charge in [0.05, 0.1) is 6.34 Å². The Kier molecular flexibility index (Phi) is 6.38. The molecule has 0 heterocycles. The largest absolute Gasteiger partial charge is 0.465 e. The maximum absolute atomic E-state index is 10.1. The molecule has 80 valence electrons. The van der Waals surface area contributed by atoms with Gasteiger partial charge in [-0.1, -0.05) is 0 Å². The Morgan fingerprint density at radius 2 is 2.07 bits per heavy atom. The second kappa shape index (κ2) is 7.07. The molecule has 14 heavy (non-hydrogen) atoms. The second-order valence-electron chi connectivity index (χ2n) is 2.67. The SMILES string of the molecule is CN(C)/C=N/C(=S)NCCNC(=O)O. The summed E-state index contributed by atoms with van der Waals surface area (Å²) in [5.41, 5.74) is 0. The number of thiocarbonyl (C=S) groups is 1. The Morgan fingerprint density at radius 3 is 2.57 bits per heavy atom. The van der Waals surface area contributed by atoms with Crippen molar-refractivity contribution in [3.63, 3.8) is 0 Å². The highest BCUT2D eigenvalue weighted by molar-refractivity contribution is 7.80. The van der Waals surface area contributed by atoms with Crippen molar-refractivity contribution in [3.05, 3.63) is 0 Å². The van der Waals surface area contributed by atoms with Crippen LogP contribution in [0.25, 0.3) is 0 Å². The number of rotatable bonds is 4. The molecule has 0 aromatic rings. The molecule has 7 heteroatoms. The molecule has 0 aromatic carbocycles. The van der Waals surface area contributed by atoms with E-state index in [1.54, 1.807) is 11.2 Å². The first-order chi connectivity index (χ1) is 6.52. The van der Waals surface area contributed by atoms with E-state index in [-0.39, 0.29) is 0 Å². The molecule has 0 aromatic heterocycles. The lowest BCUT2D eigenvalue weighted by atomic mass is 10.6. The second-order valence-corrected chi connectivity index (χ2v) is 3.06. The van der Waals surface area contributed by atoms with Crippen molar-refractivity contribution in [2.45, 2.75) is 0 Å². The lowest BCUT2D eigenvalue weighted by Crippen LogP contribution is -2.32. The normalized spacial score (nSPS) is 9.86. The molecule has 0 atom stereocenters. The third-order valence-electron chi connectivity index (χ3n) is 1.08. The number of hydrogen-bond acceptors (Lipinski definition) is 2. The highest BCUT2D eigenvalue weighted by atomic mass is 32.1. The maximum atomic E-state index is 10.1. The standard InChI is InChI=1S/C7H14N4O2S/c1-11(2)5-10-6(14)8-3-4-9-7(12)13/h5,9H,3-4H2,1-2H3,(H,8,14)(H,12,13)/b10-5+. The Balaban J connectivity index is 3.50. The predicted octanol–water partition coefficient (Wildman–Crippen LogP) is -0.282. The van der Waals surface area contributed by atoms with Crippen LogP contribution in [0.15, 0.2) is 4.99 Å². The van der Waals surface area contributed by atoms with Crippen molar-refractivity contribution in [1.82, 2.24) is 15.5 Å². The summed E-state index contributed by atoms with van der Waals surface area (Å²) in [6.07, 6.45) is 0.523. The first-order valence-corrected chi connectivity index (χ1v) is 4.38. The quantitative estimate of drug-likeness (QED) is 0.262. The zero-order valence-electron chi connectivity index (χ0n) is 8.15. The Morgan fingerprint density at radius 1 is 1.50 bits per heavy atom. The maximum Gasteiger partial charge on any atom is 0.404 e. The summed E-state index contributed by atoms with van der Waals surface area (Å²) in [6.45, 7) is 0.725. The number of nitrogens with zero attached hydrogens (tertiary/aromatic N) is 2. The Bertz CT molecular complexity index is 230. The molecule has 1 amide bonds. The van der Waals surface area contributed by atoms with Crippen molar-refractivity contribution in [3.8, 4) is 0 Å². The van der Waals surface area contributed by atoms with E-state index in [1.165, 1.54) is 0 Å². The van der Waals surface area contributed by atoms with E-state index in [0.29, 0.717) is 18.2 Å². The molecule has 0 aliphatic heterocycles. The third kappa shape index (κ3) is 8.72. The van der Waals surface area contributed by atoms with E-state index >= 15 is 0 Å². The molecule has 0 aliphatic rings. The molecule has 0 bridgehead atoms. The number of amides is 1. The lowest BCUT2D eigenvalue weighted by molar-refractivity contribution is 0.194. The van der Waals surface area contributed by atoms with E-state index < -0.39 is 6.09 Å². The van der Waals surface area contributed by atoms with E-state index in [0.717, 1.165) is 0 Å². The van der Waals surface area contributed by atoms with Gasteiger partial charge in [0, 0.05) is 27.2 Å². The summed E-state index contributed by atoms with van der Waals surface area (Å²) in [6, 6.07) is 0. The van der Waals surface area contributed by atoms with Gasteiger partial charge in [0.2, 0.25) is 0 Å². The van der Waals surface area contributed by atoms with Gasteiger partial charge in [-0.2, -0.15) is 0 Å². The average molecular weight is 218 g/mol. The lowest BCUT2D eigenvalue weighted by Gasteiger charge is -2.05. The highest BCUT2D eigenvalue weighted by Gasteiger charge is 1.94. The van der Waals surface area contributed by atoms with Gasteiger partial charge in [0.25, 0.3) is 0 Å². The molecular weight excluding hydrogens is 204 g/mol. The average Bonchev–Trinajstić information content (AvgIpc) is 2.08. The molecule has 0 radical (unpaired) electrons. The monoisotopic (exact) mass is 218 g/mol. The Labute approximate surface area is 88.0 Å². The van der Waals surface area contributed by atoms with Gasteiger partial charge in [-0.3, -0.25) is 0 Å². The number of nitrogens with one attached hydrogen (secondary N) is 2. The molecule has 0 aliphatic carbocycles.